The Hall–Kier alpha value is -3.19. The molecule has 2 aromatic carbocycles. The van der Waals surface area contributed by atoms with E-state index in [0.29, 0.717) is 12.2 Å². The van der Waals surface area contributed by atoms with E-state index in [0.717, 1.165) is 16.8 Å². The zero-order valence-corrected chi connectivity index (χ0v) is 11.9. The lowest BCUT2D eigenvalue weighted by Crippen LogP contribution is -2.04. The van der Waals surface area contributed by atoms with E-state index in [4.69, 9.17) is 5.26 Å². The Labute approximate surface area is 129 Å². The minimum atomic E-state index is 0.637. The van der Waals surface area contributed by atoms with Crippen LogP contribution in [0.4, 0.5) is 0 Å². The highest BCUT2D eigenvalue weighted by Crippen LogP contribution is 2.23. The predicted molar refractivity (Wildman–Crippen MR) is 85.6 cm³/mol. The molecule has 0 amide bonds. The molecule has 0 fully saturated rings. The smallest absolute Gasteiger partial charge is 0.114 e. The van der Waals surface area contributed by atoms with Gasteiger partial charge in [-0.1, -0.05) is 65.9 Å². The topological polar surface area (TPSA) is 54.5 Å². The maximum absolute atomic E-state index is 8.74. The fourth-order valence-corrected chi connectivity index (χ4v) is 2.31. The Kier molecular flexibility index (Phi) is 4.08. The Morgan fingerprint density at radius 1 is 1.00 bits per heavy atom. The molecule has 1 heterocycles. The second-order valence-corrected chi connectivity index (χ2v) is 4.79. The zero-order valence-electron chi connectivity index (χ0n) is 11.9. The highest BCUT2D eigenvalue weighted by Gasteiger charge is 2.13. The highest BCUT2D eigenvalue weighted by molar-refractivity contribution is 5.70. The van der Waals surface area contributed by atoms with Crippen molar-refractivity contribution in [1.29, 1.82) is 5.26 Å². The number of aromatic nitrogens is 3. The second kappa shape index (κ2) is 6.51. The van der Waals surface area contributed by atoms with Crippen LogP contribution in [0.3, 0.4) is 0 Å². The van der Waals surface area contributed by atoms with E-state index in [9.17, 15) is 0 Å². The average molecular weight is 286 g/mol. The van der Waals surface area contributed by atoms with Crippen molar-refractivity contribution in [3.8, 4) is 17.3 Å². The molecule has 0 bridgehead atoms. The van der Waals surface area contributed by atoms with Crippen molar-refractivity contribution in [1.82, 2.24) is 15.0 Å². The van der Waals surface area contributed by atoms with E-state index < -0.39 is 0 Å². The minimum absolute atomic E-state index is 0.637. The summed E-state index contributed by atoms with van der Waals surface area (Å²) in [5.41, 5.74) is 3.79. The highest BCUT2D eigenvalue weighted by atomic mass is 15.4. The molecule has 0 aliphatic carbocycles. The summed E-state index contributed by atoms with van der Waals surface area (Å²) in [4.78, 5) is 0. The molecule has 1 aromatic heterocycles. The third-order valence-corrected chi connectivity index (χ3v) is 3.30. The molecular formula is C18H14N4. The quantitative estimate of drug-likeness (QED) is 0.689. The summed E-state index contributed by atoms with van der Waals surface area (Å²) < 4.78 is 1.86. The van der Waals surface area contributed by atoms with E-state index in [2.05, 4.69) is 22.4 Å². The van der Waals surface area contributed by atoms with Crippen LogP contribution in [-0.2, 0) is 6.54 Å². The Balaban J connectivity index is 2.05. The van der Waals surface area contributed by atoms with Crippen molar-refractivity contribution >= 4 is 6.08 Å². The molecule has 0 aliphatic heterocycles. The van der Waals surface area contributed by atoms with Crippen molar-refractivity contribution in [3.05, 3.63) is 78.0 Å². The number of nitrogens with zero attached hydrogens (tertiary/aromatic N) is 4. The van der Waals surface area contributed by atoms with Crippen LogP contribution in [0.2, 0.25) is 0 Å². The Bertz CT molecular complexity index is 811. The van der Waals surface area contributed by atoms with E-state index >= 15 is 0 Å². The molecule has 22 heavy (non-hydrogen) atoms. The third-order valence-electron chi connectivity index (χ3n) is 3.30. The molecule has 0 atom stereocenters. The first-order chi connectivity index (χ1) is 10.9. The molecule has 0 unspecified atom stereocenters. The summed E-state index contributed by atoms with van der Waals surface area (Å²) in [5.74, 6) is 0. The molecule has 0 radical (unpaired) electrons. The van der Waals surface area contributed by atoms with Gasteiger partial charge in [0, 0.05) is 11.6 Å². The lowest BCUT2D eigenvalue weighted by molar-refractivity contribution is 0.655. The first kappa shape index (κ1) is 13.8. The van der Waals surface area contributed by atoms with Crippen molar-refractivity contribution in [2.45, 2.75) is 6.54 Å². The molecule has 106 valence electrons. The molecule has 4 nitrogen and oxygen atoms in total. The molecule has 0 saturated heterocycles. The monoisotopic (exact) mass is 286 g/mol. The van der Waals surface area contributed by atoms with Gasteiger partial charge in [-0.3, -0.25) is 0 Å². The van der Waals surface area contributed by atoms with Crippen LogP contribution in [-0.4, -0.2) is 15.0 Å². The van der Waals surface area contributed by atoms with Crippen molar-refractivity contribution in [3.63, 3.8) is 0 Å². The van der Waals surface area contributed by atoms with Gasteiger partial charge in [0.05, 0.1) is 18.3 Å². The second-order valence-electron chi connectivity index (χ2n) is 4.79. The first-order valence-corrected chi connectivity index (χ1v) is 6.97. The summed E-state index contributed by atoms with van der Waals surface area (Å²) in [6.45, 7) is 0.637. The predicted octanol–water partition coefficient (Wildman–Crippen LogP) is 3.53. The van der Waals surface area contributed by atoms with E-state index in [1.165, 1.54) is 6.08 Å². The van der Waals surface area contributed by atoms with Crippen LogP contribution in [0.1, 0.15) is 11.3 Å². The molecule has 0 N–H and O–H groups in total. The number of rotatable bonds is 4. The van der Waals surface area contributed by atoms with Crippen molar-refractivity contribution < 1.29 is 0 Å². The summed E-state index contributed by atoms with van der Waals surface area (Å²) >= 11 is 0. The van der Waals surface area contributed by atoms with E-state index in [1.807, 2.05) is 59.3 Å². The molecule has 3 aromatic rings. The fraction of sp³-hybridized carbons (Fsp3) is 0.0556. The van der Waals surface area contributed by atoms with Crippen LogP contribution in [0.5, 0.6) is 0 Å². The van der Waals surface area contributed by atoms with Crippen molar-refractivity contribution in [2.75, 3.05) is 0 Å². The summed E-state index contributed by atoms with van der Waals surface area (Å²) in [7, 11) is 0. The SMILES string of the molecule is N#C/C=C\c1nnn(Cc2ccccc2)c1-c1ccccc1. The van der Waals surface area contributed by atoms with E-state index in [1.54, 1.807) is 6.08 Å². The van der Waals surface area contributed by atoms with Gasteiger partial charge < -0.3 is 0 Å². The normalized spacial score (nSPS) is 10.7. The standard InChI is InChI=1S/C18H14N4/c19-13-7-12-17-18(16-10-5-2-6-11-16)22(21-20-17)14-15-8-3-1-4-9-15/h1-12H,14H2/b12-7-. The lowest BCUT2D eigenvalue weighted by Gasteiger charge is -2.07. The van der Waals surface area contributed by atoms with E-state index in [-0.39, 0.29) is 0 Å². The largest absolute Gasteiger partial charge is 0.240 e. The van der Waals surface area contributed by atoms with Gasteiger partial charge in [0.15, 0.2) is 0 Å². The molecule has 4 heteroatoms. The van der Waals surface area contributed by atoms with Crippen LogP contribution >= 0.6 is 0 Å². The molecular weight excluding hydrogens is 272 g/mol. The van der Waals surface area contributed by atoms with Crippen LogP contribution in [0.25, 0.3) is 17.3 Å². The lowest BCUT2D eigenvalue weighted by atomic mass is 10.1. The maximum Gasteiger partial charge on any atom is 0.114 e. The summed E-state index contributed by atoms with van der Waals surface area (Å²) in [6.07, 6.45) is 3.11. The number of allylic oxidation sites excluding steroid dienone is 1. The number of nitriles is 1. The van der Waals surface area contributed by atoms with Gasteiger partial charge in [0.1, 0.15) is 5.69 Å². The van der Waals surface area contributed by atoms with Gasteiger partial charge in [-0.05, 0) is 11.6 Å². The summed E-state index contributed by atoms with van der Waals surface area (Å²) in [5, 5.41) is 17.2. The fourth-order valence-electron chi connectivity index (χ4n) is 2.31. The van der Waals surface area contributed by atoms with Crippen LogP contribution in [0.15, 0.2) is 66.7 Å². The Morgan fingerprint density at radius 2 is 1.68 bits per heavy atom. The molecule has 0 spiro atoms. The van der Waals surface area contributed by atoms with Gasteiger partial charge in [0.2, 0.25) is 0 Å². The molecule has 0 saturated carbocycles. The summed E-state index contributed by atoms with van der Waals surface area (Å²) in [6, 6.07) is 22.1. The minimum Gasteiger partial charge on any atom is -0.240 e. The van der Waals surface area contributed by atoms with Crippen molar-refractivity contribution in [2.24, 2.45) is 0 Å². The molecule has 0 aliphatic rings. The molecule has 3 rings (SSSR count). The number of hydrogen-bond acceptors (Lipinski definition) is 3. The van der Waals surface area contributed by atoms with Crippen LogP contribution in [0, 0.1) is 11.3 Å². The number of benzene rings is 2. The van der Waals surface area contributed by atoms with Gasteiger partial charge in [-0.2, -0.15) is 5.26 Å². The first-order valence-electron chi connectivity index (χ1n) is 6.97. The third kappa shape index (κ3) is 2.94. The van der Waals surface area contributed by atoms with Gasteiger partial charge >= 0.3 is 0 Å². The van der Waals surface area contributed by atoms with Gasteiger partial charge in [-0.15, -0.1) is 5.10 Å². The average Bonchev–Trinajstić information content (AvgIpc) is 2.97. The zero-order chi connectivity index (χ0) is 15.2. The van der Waals surface area contributed by atoms with Gasteiger partial charge in [-0.25, -0.2) is 4.68 Å². The van der Waals surface area contributed by atoms with Gasteiger partial charge in [0.25, 0.3) is 0 Å². The number of hydrogen-bond donors (Lipinski definition) is 0. The maximum atomic E-state index is 8.74. The van der Waals surface area contributed by atoms with Crippen LogP contribution < -0.4 is 0 Å². The Morgan fingerprint density at radius 3 is 2.36 bits per heavy atom.